The zero-order valence-corrected chi connectivity index (χ0v) is 13.5. The lowest BCUT2D eigenvalue weighted by atomic mass is 10.1. The molecular formula is C14H10BrN2O4S-. The molecule has 0 aliphatic heterocycles. The third-order valence-electron chi connectivity index (χ3n) is 2.68. The monoisotopic (exact) mass is 381 g/mol. The van der Waals surface area contributed by atoms with Gasteiger partial charge in [0.2, 0.25) is 0 Å². The van der Waals surface area contributed by atoms with Crippen LogP contribution in [0.2, 0.25) is 0 Å². The molecule has 0 aliphatic rings. The molecule has 0 radical (unpaired) electrons. The number of halogens is 1. The highest BCUT2D eigenvalue weighted by Crippen LogP contribution is 2.14. The van der Waals surface area contributed by atoms with Gasteiger partial charge in [-0.1, -0.05) is 40.2 Å². The molecule has 6 nitrogen and oxygen atoms in total. The van der Waals surface area contributed by atoms with Crippen LogP contribution in [-0.4, -0.2) is 20.6 Å². The lowest BCUT2D eigenvalue weighted by Crippen LogP contribution is -2.24. The summed E-state index contributed by atoms with van der Waals surface area (Å²) in [6, 6.07) is 12.0. The number of carbonyl (C=O) groups is 1. The Morgan fingerprint density at radius 3 is 2.41 bits per heavy atom. The summed E-state index contributed by atoms with van der Waals surface area (Å²) < 4.78 is 24.7. The van der Waals surface area contributed by atoms with Crippen molar-refractivity contribution in [1.82, 2.24) is 4.83 Å². The average Bonchev–Trinajstić information content (AvgIpc) is 2.48. The van der Waals surface area contributed by atoms with Crippen molar-refractivity contribution in [3.05, 3.63) is 64.1 Å². The van der Waals surface area contributed by atoms with Crippen LogP contribution in [0, 0.1) is 0 Å². The lowest BCUT2D eigenvalue weighted by Gasteiger charge is -2.06. The van der Waals surface area contributed by atoms with E-state index in [1.807, 2.05) is 4.83 Å². The van der Waals surface area contributed by atoms with Gasteiger partial charge in [-0.15, -0.1) is 0 Å². The summed E-state index contributed by atoms with van der Waals surface area (Å²) in [6.45, 7) is 0. The van der Waals surface area contributed by atoms with Gasteiger partial charge in [-0.3, -0.25) is 0 Å². The van der Waals surface area contributed by atoms with Crippen LogP contribution in [0.1, 0.15) is 15.9 Å². The molecule has 22 heavy (non-hydrogen) atoms. The fraction of sp³-hybridized carbons (Fsp3) is 0. The Bertz CT molecular complexity index is 817. The van der Waals surface area contributed by atoms with E-state index in [2.05, 4.69) is 21.0 Å². The van der Waals surface area contributed by atoms with Crippen molar-refractivity contribution in [1.29, 1.82) is 0 Å². The molecule has 0 amide bonds. The van der Waals surface area contributed by atoms with Crippen LogP contribution in [-0.2, 0) is 10.0 Å². The van der Waals surface area contributed by atoms with Gasteiger partial charge in [-0.2, -0.15) is 13.5 Å². The van der Waals surface area contributed by atoms with Crippen LogP contribution >= 0.6 is 15.9 Å². The third-order valence-corrected chi connectivity index (χ3v) is 4.45. The molecule has 2 rings (SSSR count). The smallest absolute Gasteiger partial charge is 0.276 e. The summed E-state index contributed by atoms with van der Waals surface area (Å²) in [6.07, 6.45) is 1.11. The van der Waals surface area contributed by atoms with Crippen LogP contribution in [0.3, 0.4) is 0 Å². The number of rotatable bonds is 5. The molecule has 0 heterocycles. The molecule has 0 aromatic heterocycles. The molecular weight excluding hydrogens is 372 g/mol. The fourth-order valence-corrected chi connectivity index (χ4v) is 2.68. The topological polar surface area (TPSA) is 98.7 Å². The number of sulfonamides is 1. The first kappa shape index (κ1) is 16.2. The molecule has 0 saturated heterocycles. The SMILES string of the molecule is O=C([O-])c1ccccc1/C=N\NS(=O)(=O)c1ccc(Br)cc1. The van der Waals surface area contributed by atoms with Crippen molar-refractivity contribution < 1.29 is 18.3 Å². The van der Waals surface area contributed by atoms with Gasteiger partial charge in [0.15, 0.2) is 0 Å². The van der Waals surface area contributed by atoms with Crippen molar-refractivity contribution >= 4 is 38.1 Å². The van der Waals surface area contributed by atoms with Gasteiger partial charge in [0.25, 0.3) is 10.0 Å². The molecule has 114 valence electrons. The normalized spacial score (nSPS) is 11.5. The van der Waals surface area contributed by atoms with E-state index in [0.29, 0.717) is 0 Å². The van der Waals surface area contributed by atoms with E-state index in [1.165, 1.54) is 30.3 Å². The molecule has 0 unspecified atom stereocenters. The van der Waals surface area contributed by atoms with Gasteiger partial charge in [-0.05, 0) is 24.3 Å². The average molecular weight is 382 g/mol. The highest BCUT2D eigenvalue weighted by atomic mass is 79.9. The maximum absolute atomic E-state index is 12.0. The number of nitrogens with one attached hydrogen (secondary N) is 1. The number of carboxylic acid groups (broad SMARTS) is 1. The number of hydrogen-bond donors (Lipinski definition) is 1. The molecule has 2 aromatic rings. The molecule has 0 saturated carbocycles. The van der Waals surface area contributed by atoms with Crippen LogP contribution in [0.25, 0.3) is 0 Å². The van der Waals surface area contributed by atoms with Gasteiger partial charge in [0.05, 0.1) is 17.1 Å². The van der Waals surface area contributed by atoms with Crippen molar-refractivity contribution in [3.63, 3.8) is 0 Å². The van der Waals surface area contributed by atoms with Gasteiger partial charge in [0.1, 0.15) is 0 Å². The third kappa shape index (κ3) is 3.92. The number of nitrogens with zero attached hydrogens (tertiary/aromatic N) is 1. The Morgan fingerprint density at radius 1 is 1.14 bits per heavy atom. The Balaban J connectivity index is 2.19. The minimum atomic E-state index is -3.81. The molecule has 0 fully saturated rings. The Morgan fingerprint density at radius 2 is 1.77 bits per heavy atom. The highest BCUT2D eigenvalue weighted by Gasteiger charge is 2.12. The predicted molar refractivity (Wildman–Crippen MR) is 82.8 cm³/mol. The first-order valence-electron chi connectivity index (χ1n) is 6.01. The van der Waals surface area contributed by atoms with E-state index >= 15 is 0 Å². The number of carboxylic acids is 1. The number of hydrogen-bond acceptors (Lipinski definition) is 5. The largest absolute Gasteiger partial charge is 0.545 e. The zero-order chi connectivity index (χ0) is 16.2. The molecule has 0 aliphatic carbocycles. The quantitative estimate of drug-likeness (QED) is 0.619. The highest BCUT2D eigenvalue weighted by molar-refractivity contribution is 9.10. The second-order valence-corrected chi connectivity index (χ2v) is 6.76. The van der Waals surface area contributed by atoms with Crippen molar-refractivity contribution in [3.8, 4) is 0 Å². The Kier molecular flexibility index (Phi) is 4.94. The van der Waals surface area contributed by atoms with E-state index in [9.17, 15) is 18.3 Å². The van der Waals surface area contributed by atoms with Crippen LogP contribution in [0.5, 0.6) is 0 Å². The Hall–Kier alpha value is -2.19. The minimum absolute atomic E-state index is 0.0426. The van der Waals surface area contributed by atoms with Crippen molar-refractivity contribution in [2.75, 3.05) is 0 Å². The standard InChI is InChI=1S/C14H11BrN2O4S/c15-11-5-7-12(8-6-11)22(20,21)17-16-9-10-3-1-2-4-13(10)14(18)19/h1-9,17H,(H,18,19)/p-1/b16-9-. The first-order valence-corrected chi connectivity index (χ1v) is 8.28. The first-order chi connectivity index (χ1) is 10.4. The van der Waals surface area contributed by atoms with Gasteiger partial charge in [0, 0.05) is 15.6 Å². The fourth-order valence-electron chi connectivity index (χ4n) is 1.63. The second kappa shape index (κ2) is 6.71. The van der Waals surface area contributed by atoms with Crippen LogP contribution in [0.4, 0.5) is 0 Å². The Labute approximate surface area is 135 Å². The molecule has 0 spiro atoms. The zero-order valence-electron chi connectivity index (χ0n) is 11.1. The van der Waals surface area contributed by atoms with E-state index in [1.54, 1.807) is 18.2 Å². The molecule has 0 bridgehead atoms. The number of aromatic carboxylic acids is 1. The van der Waals surface area contributed by atoms with Crippen LogP contribution < -0.4 is 9.94 Å². The molecule has 2 aromatic carbocycles. The summed E-state index contributed by atoms with van der Waals surface area (Å²) in [7, 11) is -3.81. The van der Waals surface area contributed by atoms with Gasteiger partial charge >= 0.3 is 0 Å². The minimum Gasteiger partial charge on any atom is -0.545 e. The van der Waals surface area contributed by atoms with Gasteiger partial charge in [-0.25, -0.2) is 4.83 Å². The predicted octanol–water partition coefficient (Wildman–Crippen LogP) is 1.12. The number of benzene rings is 2. The maximum atomic E-state index is 12.0. The van der Waals surface area contributed by atoms with E-state index in [0.717, 1.165) is 10.7 Å². The molecule has 8 heteroatoms. The summed E-state index contributed by atoms with van der Waals surface area (Å²) in [4.78, 5) is 13.0. The number of carbonyl (C=O) groups excluding carboxylic acids is 1. The second-order valence-electron chi connectivity index (χ2n) is 4.18. The van der Waals surface area contributed by atoms with Crippen LogP contribution in [0.15, 0.2) is 63.0 Å². The number of hydrazone groups is 1. The maximum Gasteiger partial charge on any atom is 0.276 e. The summed E-state index contributed by atoms with van der Waals surface area (Å²) in [5.41, 5.74) is 0.162. The van der Waals surface area contributed by atoms with E-state index < -0.39 is 16.0 Å². The van der Waals surface area contributed by atoms with E-state index in [4.69, 9.17) is 0 Å². The lowest BCUT2D eigenvalue weighted by molar-refractivity contribution is -0.255. The molecule has 1 N–H and O–H groups in total. The van der Waals surface area contributed by atoms with E-state index in [-0.39, 0.29) is 16.0 Å². The van der Waals surface area contributed by atoms with Crippen molar-refractivity contribution in [2.45, 2.75) is 4.90 Å². The van der Waals surface area contributed by atoms with Crippen molar-refractivity contribution in [2.24, 2.45) is 5.10 Å². The summed E-state index contributed by atoms with van der Waals surface area (Å²) >= 11 is 3.21. The summed E-state index contributed by atoms with van der Waals surface area (Å²) in [5.74, 6) is -1.36. The summed E-state index contributed by atoms with van der Waals surface area (Å²) in [5, 5.41) is 14.5. The van der Waals surface area contributed by atoms with Gasteiger partial charge < -0.3 is 9.90 Å². The molecule has 0 atom stereocenters.